The molecule has 0 atom stereocenters. The fourth-order valence-electron chi connectivity index (χ4n) is 0.611. The first-order valence-corrected chi connectivity index (χ1v) is 3.15. The van der Waals surface area contributed by atoms with Gasteiger partial charge in [0.05, 0.1) is 7.11 Å². The number of hydrogen-bond donors (Lipinski definition) is 0. The van der Waals surface area contributed by atoms with Crippen molar-refractivity contribution >= 4 is 0 Å². The van der Waals surface area contributed by atoms with Gasteiger partial charge in [-0.15, -0.1) is 0 Å². The molecule has 0 aliphatic rings. The average molecular weight is 138 g/mol. The Bertz CT molecular complexity index is 175. The molecule has 0 aromatic rings. The summed E-state index contributed by atoms with van der Waals surface area (Å²) < 4.78 is 4.91. The number of ether oxygens (including phenoxy) is 1. The van der Waals surface area contributed by atoms with Crippen LogP contribution in [0.15, 0.2) is 36.1 Å². The summed E-state index contributed by atoms with van der Waals surface area (Å²) >= 11 is 0. The normalized spacial score (nSPS) is 10.9. The molecule has 0 heterocycles. The van der Waals surface area contributed by atoms with E-state index in [-0.39, 0.29) is 0 Å². The van der Waals surface area contributed by atoms with Crippen molar-refractivity contribution in [3.05, 3.63) is 36.1 Å². The quantitative estimate of drug-likeness (QED) is 0.430. The number of rotatable bonds is 3. The highest BCUT2D eigenvalue weighted by atomic mass is 16.5. The Labute approximate surface area is 62.7 Å². The van der Waals surface area contributed by atoms with Gasteiger partial charge in [0, 0.05) is 0 Å². The maximum Gasteiger partial charge on any atom is 0.114 e. The molecule has 0 saturated carbocycles. The van der Waals surface area contributed by atoms with E-state index in [9.17, 15) is 0 Å². The van der Waals surface area contributed by atoms with Gasteiger partial charge in [0.1, 0.15) is 5.76 Å². The Morgan fingerprint density at radius 2 is 1.80 bits per heavy atom. The lowest BCUT2D eigenvalue weighted by Gasteiger charge is -2.02. The van der Waals surface area contributed by atoms with Gasteiger partial charge < -0.3 is 4.74 Å². The second kappa shape index (κ2) is 3.94. The average Bonchev–Trinajstić information content (AvgIpc) is 1.85. The molecule has 0 spiro atoms. The molecule has 0 amide bonds. The summed E-state index contributed by atoms with van der Waals surface area (Å²) in [5.74, 6) is 0.697. The lowest BCUT2D eigenvalue weighted by atomic mass is 10.2. The van der Waals surface area contributed by atoms with Crippen LogP contribution in [-0.4, -0.2) is 7.11 Å². The SMILES string of the molecule is C=C(C)/C=C(/C)C(=C)OC. The van der Waals surface area contributed by atoms with Crippen molar-refractivity contribution in [3.8, 4) is 0 Å². The van der Waals surface area contributed by atoms with Gasteiger partial charge in [-0.25, -0.2) is 0 Å². The Balaban J connectivity index is 4.19. The lowest BCUT2D eigenvalue weighted by molar-refractivity contribution is 0.303. The second-order valence-electron chi connectivity index (χ2n) is 2.30. The number of hydrogen-bond acceptors (Lipinski definition) is 1. The first kappa shape index (κ1) is 9.02. The molecule has 0 aliphatic carbocycles. The third-order valence-electron chi connectivity index (χ3n) is 1.15. The Hall–Kier alpha value is -0.980. The van der Waals surface area contributed by atoms with Crippen LogP contribution in [0.3, 0.4) is 0 Å². The predicted octanol–water partition coefficient (Wildman–Crippen LogP) is 2.67. The van der Waals surface area contributed by atoms with E-state index in [4.69, 9.17) is 4.74 Å². The van der Waals surface area contributed by atoms with Crippen LogP contribution < -0.4 is 0 Å². The molecule has 0 aliphatic heterocycles. The van der Waals surface area contributed by atoms with E-state index in [1.807, 2.05) is 19.9 Å². The van der Waals surface area contributed by atoms with E-state index in [0.717, 1.165) is 11.1 Å². The molecular weight excluding hydrogens is 124 g/mol. The van der Waals surface area contributed by atoms with Crippen LogP contribution in [0.5, 0.6) is 0 Å². The van der Waals surface area contributed by atoms with Crippen LogP contribution in [0.1, 0.15) is 13.8 Å². The topological polar surface area (TPSA) is 9.23 Å². The van der Waals surface area contributed by atoms with Gasteiger partial charge in [0.2, 0.25) is 0 Å². The minimum Gasteiger partial charge on any atom is -0.497 e. The fourth-order valence-corrected chi connectivity index (χ4v) is 0.611. The molecule has 1 heteroatoms. The minimum atomic E-state index is 0.697. The van der Waals surface area contributed by atoms with Crippen molar-refractivity contribution in [2.75, 3.05) is 7.11 Å². The highest BCUT2D eigenvalue weighted by molar-refractivity contribution is 5.28. The van der Waals surface area contributed by atoms with E-state index in [2.05, 4.69) is 13.2 Å². The van der Waals surface area contributed by atoms with Gasteiger partial charge in [0.25, 0.3) is 0 Å². The smallest absolute Gasteiger partial charge is 0.114 e. The summed E-state index contributed by atoms with van der Waals surface area (Å²) in [5, 5.41) is 0. The molecule has 0 N–H and O–H groups in total. The predicted molar refractivity (Wildman–Crippen MR) is 44.7 cm³/mol. The van der Waals surface area contributed by atoms with Crippen LogP contribution in [-0.2, 0) is 4.74 Å². The van der Waals surface area contributed by atoms with Gasteiger partial charge in [0.15, 0.2) is 0 Å². The number of methoxy groups -OCH3 is 1. The standard InChI is InChI=1S/C9H14O/c1-7(2)6-8(3)9(4)10-5/h6H,1,4H2,2-3,5H3/b8-6-. The summed E-state index contributed by atoms with van der Waals surface area (Å²) in [5.41, 5.74) is 2.03. The fraction of sp³-hybridized carbons (Fsp3) is 0.333. The van der Waals surface area contributed by atoms with Crippen LogP contribution in [0.2, 0.25) is 0 Å². The van der Waals surface area contributed by atoms with E-state index in [1.54, 1.807) is 7.11 Å². The summed E-state index contributed by atoms with van der Waals surface area (Å²) in [6.45, 7) is 11.3. The third kappa shape index (κ3) is 3.13. The molecule has 10 heavy (non-hydrogen) atoms. The van der Waals surface area contributed by atoms with Crippen LogP contribution in [0.4, 0.5) is 0 Å². The molecule has 0 aromatic heterocycles. The molecule has 0 aromatic carbocycles. The van der Waals surface area contributed by atoms with Crippen LogP contribution in [0.25, 0.3) is 0 Å². The maximum atomic E-state index is 4.91. The largest absolute Gasteiger partial charge is 0.497 e. The van der Waals surface area contributed by atoms with Crippen LogP contribution >= 0.6 is 0 Å². The first-order chi connectivity index (χ1) is 4.57. The van der Waals surface area contributed by atoms with Crippen molar-refractivity contribution in [1.82, 2.24) is 0 Å². The highest BCUT2D eigenvalue weighted by Crippen LogP contribution is 2.08. The molecule has 0 bridgehead atoms. The summed E-state index contributed by atoms with van der Waals surface area (Å²) in [6, 6.07) is 0. The molecule has 0 rings (SSSR count). The summed E-state index contributed by atoms with van der Waals surface area (Å²) in [4.78, 5) is 0. The van der Waals surface area contributed by atoms with Crippen molar-refractivity contribution in [3.63, 3.8) is 0 Å². The molecule has 0 fully saturated rings. The third-order valence-corrected chi connectivity index (χ3v) is 1.15. The van der Waals surface area contributed by atoms with E-state index < -0.39 is 0 Å². The van der Waals surface area contributed by atoms with Crippen molar-refractivity contribution in [2.45, 2.75) is 13.8 Å². The lowest BCUT2D eigenvalue weighted by Crippen LogP contribution is -1.85. The van der Waals surface area contributed by atoms with Gasteiger partial charge in [-0.05, 0) is 19.4 Å². The molecule has 0 radical (unpaired) electrons. The van der Waals surface area contributed by atoms with Gasteiger partial charge in [-0.2, -0.15) is 0 Å². The molecule has 1 nitrogen and oxygen atoms in total. The highest BCUT2D eigenvalue weighted by Gasteiger charge is 1.92. The van der Waals surface area contributed by atoms with Crippen LogP contribution in [0, 0.1) is 0 Å². The Kier molecular flexibility index (Phi) is 3.55. The zero-order chi connectivity index (χ0) is 8.15. The zero-order valence-corrected chi connectivity index (χ0v) is 6.90. The summed E-state index contributed by atoms with van der Waals surface area (Å²) in [7, 11) is 1.61. The monoisotopic (exact) mass is 138 g/mol. The molecular formula is C9H14O. The summed E-state index contributed by atoms with van der Waals surface area (Å²) in [6.07, 6.45) is 1.94. The second-order valence-corrected chi connectivity index (χ2v) is 2.30. The first-order valence-electron chi connectivity index (χ1n) is 3.15. The van der Waals surface area contributed by atoms with E-state index in [1.165, 1.54) is 0 Å². The van der Waals surface area contributed by atoms with Crippen molar-refractivity contribution < 1.29 is 4.74 Å². The maximum absolute atomic E-state index is 4.91. The molecule has 0 unspecified atom stereocenters. The van der Waals surface area contributed by atoms with E-state index in [0.29, 0.717) is 5.76 Å². The van der Waals surface area contributed by atoms with Gasteiger partial charge in [-0.3, -0.25) is 0 Å². The van der Waals surface area contributed by atoms with Gasteiger partial charge in [-0.1, -0.05) is 24.8 Å². The van der Waals surface area contributed by atoms with Gasteiger partial charge >= 0.3 is 0 Å². The Morgan fingerprint density at radius 1 is 1.30 bits per heavy atom. The van der Waals surface area contributed by atoms with Crippen molar-refractivity contribution in [1.29, 1.82) is 0 Å². The Morgan fingerprint density at radius 3 is 2.10 bits per heavy atom. The number of allylic oxidation sites excluding steroid dienone is 3. The molecule has 0 saturated heterocycles. The molecule has 56 valence electrons. The van der Waals surface area contributed by atoms with E-state index >= 15 is 0 Å². The zero-order valence-electron chi connectivity index (χ0n) is 6.90. The minimum absolute atomic E-state index is 0.697. The van der Waals surface area contributed by atoms with Crippen molar-refractivity contribution in [2.24, 2.45) is 0 Å².